The second-order valence-electron chi connectivity index (χ2n) is 11.7. The minimum absolute atomic E-state index is 0.0188. The van der Waals surface area contributed by atoms with E-state index in [4.69, 9.17) is 0 Å². The lowest BCUT2D eigenvalue weighted by atomic mass is 9.86. The molecule has 3 aromatic rings. The molecule has 0 N–H and O–H groups in total. The fourth-order valence-electron chi connectivity index (χ4n) is 2.95. The molecule has 0 radical (unpaired) electrons. The molecule has 0 fully saturated rings. The molecule has 0 aliphatic carbocycles. The van der Waals surface area contributed by atoms with Crippen molar-refractivity contribution in [1.82, 2.24) is 4.98 Å². The van der Waals surface area contributed by atoms with Gasteiger partial charge in [0.15, 0.2) is 0 Å². The highest BCUT2D eigenvalue weighted by molar-refractivity contribution is 5.28. The summed E-state index contributed by atoms with van der Waals surface area (Å²) in [4.78, 5) is 3.78. The van der Waals surface area contributed by atoms with Crippen LogP contribution in [0.5, 0.6) is 0 Å². The van der Waals surface area contributed by atoms with Crippen LogP contribution in [0.25, 0.3) is 0 Å². The number of nitrogens with zero attached hydrogens (tertiary/aromatic N) is 1. The highest BCUT2D eigenvalue weighted by Gasteiger charge is 2.15. The van der Waals surface area contributed by atoms with E-state index in [2.05, 4.69) is 46.5 Å². The Morgan fingerprint density at radius 2 is 1.03 bits per heavy atom. The van der Waals surface area contributed by atoms with Crippen LogP contribution in [-0.2, 0) is 16.2 Å². The van der Waals surface area contributed by atoms with Gasteiger partial charge in [-0.2, -0.15) is 0 Å². The Hall–Kier alpha value is -2.62. The summed E-state index contributed by atoms with van der Waals surface area (Å²) in [5.74, 6) is -0.560. The summed E-state index contributed by atoms with van der Waals surface area (Å²) in [5, 5.41) is 0. The molecular weight excluding hydrogens is 431 g/mol. The number of halogens is 3. The van der Waals surface area contributed by atoms with Crippen molar-refractivity contribution in [3.63, 3.8) is 0 Å². The third-order valence-electron chi connectivity index (χ3n) is 5.17. The average Bonchev–Trinajstić information content (AvgIpc) is 2.66. The summed E-state index contributed by atoms with van der Waals surface area (Å²) >= 11 is 0. The van der Waals surface area contributed by atoms with Gasteiger partial charge in [0.25, 0.3) is 0 Å². The van der Waals surface area contributed by atoms with E-state index in [-0.39, 0.29) is 33.7 Å². The molecule has 2 aromatic carbocycles. The first-order chi connectivity index (χ1) is 15.4. The van der Waals surface area contributed by atoms with Crippen LogP contribution in [0, 0.1) is 24.4 Å². The van der Waals surface area contributed by atoms with Gasteiger partial charge in [0, 0.05) is 6.20 Å². The van der Waals surface area contributed by atoms with Gasteiger partial charge in [-0.25, -0.2) is 13.2 Å². The van der Waals surface area contributed by atoms with E-state index >= 15 is 0 Å². The van der Waals surface area contributed by atoms with Gasteiger partial charge >= 0.3 is 0 Å². The van der Waals surface area contributed by atoms with Crippen LogP contribution in [-0.4, -0.2) is 4.98 Å². The third-order valence-corrected chi connectivity index (χ3v) is 5.17. The van der Waals surface area contributed by atoms with Crippen molar-refractivity contribution in [2.24, 2.45) is 0 Å². The Morgan fingerprint density at radius 1 is 0.529 bits per heavy atom. The molecule has 1 nitrogen and oxygen atoms in total. The number of rotatable bonds is 0. The molecule has 0 atom stereocenters. The lowest BCUT2D eigenvalue weighted by Crippen LogP contribution is -2.11. The highest BCUT2D eigenvalue weighted by atomic mass is 19.1. The van der Waals surface area contributed by atoms with Crippen LogP contribution in [0.2, 0.25) is 0 Å². The largest absolute Gasteiger partial charge is 0.261 e. The van der Waals surface area contributed by atoms with Crippen LogP contribution >= 0.6 is 0 Å². The van der Waals surface area contributed by atoms with Gasteiger partial charge < -0.3 is 0 Å². The zero-order chi connectivity index (χ0) is 26.3. The molecule has 34 heavy (non-hydrogen) atoms. The lowest BCUT2D eigenvalue weighted by Gasteiger charge is -2.19. The molecule has 0 bridgehead atoms. The number of pyridine rings is 1. The summed E-state index contributed by atoms with van der Waals surface area (Å²) in [5.41, 5.74) is 4.07. The van der Waals surface area contributed by atoms with Crippen LogP contribution < -0.4 is 0 Å². The maximum absolute atomic E-state index is 13.0. The molecule has 0 amide bonds. The first-order valence-electron chi connectivity index (χ1n) is 11.5. The van der Waals surface area contributed by atoms with Gasteiger partial charge in [0.2, 0.25) is 0 Å². The molecule has 0 aliphatic heterocycles. The van der Waals surface area contributed by atoms with Crippen molar-refractivity contribution in [3.05, 3.63) is 101 Å². The number of aryl methyl sites for hydroxylation is 1. The van der Waals surface area contributed by atoms with E-state index in [1.807, 2.05) is 39.8 Å². The van der Waals surface area contributed by atoms with Crippen molar-refractivity contribution in [2.75, 3.05) is 0 Å². The predicted octanol–water partition coefficient (Wildman–Crippen LogP) is 9.07. The van der Waals surface area contributed by atoms with Gasteiger partial charge in [-0.05, 0) is 75.8 Å². The molecule has 0 saturated heterocycles. The Balaban J connectivity index is 0.000000255. The number of benzene rings is 2. The summed E-state index contributed by atoms with van der Waals surface area (Å²) in [7, 11) is 0. The third kappa shape index (κ3) is 10.5. The Morgan fingerprint density at radius 3 is 1.41 bits per heavy atom. The van der Waals surface area contributed by atoms with Crippen LogP contribution in [0.3, 0.4) is 0 Å². The first kappa shape index (κ1) is 29.4. The van der Waals surface area contributed by atoms with Crippen molar-refractivity contribution >= 4 is 0 Å². The topological polar surface area (TPSA) is 12.9 Å². The number of aromatic nitrogens is 1. The highest BCUT2D eigenvalue weighted by Crippen LogP contribution is 2.24. The fraction of sp³-hybridized carbons (Fsp3) is 0.433. The normalized spacial score (nSPS) is 11.7. The average molecular weight is 472 g/mol. The minimum Gasteiger partial charge on any atom is -0.261 e. The monoisotopic (exact) mass is 471 g/mol. The van der Waals surface area contributed by atoms with Crippen molar-refractivity contribution < 1.29 is 13.2 Å². The van der Waals surface area contributed by atoms with Crippen LogP contribution in [0.15, 0.2) is 60.9 Å². The standard InChI is InChI=1S/C11H15F.C10H13F.C9H12FN/c1-8-5-9(11(2,3)4)7-10(12)6-8;1-10(2,3)8-5-4-6-9(11)7-8;1-9(2,3)7-4-8(10)6-11-5-7/h5-7H,1-4H3;4-7H,1-3H3;4-6H,1-3H3. The van der Waals surface area contributed by atoms with Crippen molar-refractivity contribution in [3.8, 4) is 0 Å². The van der Waals surface area contributed by atoms with Crippen LogP contribution in [0.4, 0.5) is 13.2 Å². The zero-order valence-corrected chi connectivity index (χ0v) is 22.4. The minimum atomic E-state index is -0.266. The van der Waals surface area contributed by atoms with Gasteiger partial charge in [-0.3, -0.25) is 4.98 Å². The summed E-state index contributed by atoms with van der Waals surface area (Å²) < 4.78 is 38.3. The second kappa shape index (κ2) is 11.7. The second-order valence-corrected chi connectivity index (χ2v) is 11.7. The van der Waals surface area contributed by atoms with Gasteiger partial charge in [-0.15, -0.1) is 0 Å². The molecule has 0 spiro atoms. The quantitative estimate of drug-likeness (QED) is 0.319. The van der Waals surface area contributed by atoms with E-state index in [1.165, 1.54) is 18.3 Å². The first-order valence-corrected chi connectivity index (χ1v) is 11.5. The Labute approximate surface area is 204 Å². The molecule has 0 unspecified atom stereocenters. The predicted molar refractivity (Wildman–Crippen MR) is 138 cm³/mol. The lowest BCUT2D eigenvalue weighted by molar-refractivity contribution is 0.566. The van der Waals surface area contributed by atoms with E-state index in [1.54, 1.807) is 30.5 Å². The zero-order valence-electron chi connectivity index (χ0n) is 22.4. The summed E-state index contributed by atoms with van der Waals surface area (Å²) in [6, 6.07) is 13.5. The molecule has 0 saturated carbocycles. The molecule has 1 aromatic heterocycles. The van der Waals surface area contributed by atoms with Gasteiger partial charge in [0.05, 0.1) is 6.20 Å². The fourth-order valence-corrected chi connectivity index (χ4v) is 2.95. The molecular formula is C30H40F3N. The molecule has 186 valence electrons. The van der Waals surface area contributed by atoms with E-state index in [0.717, 1.165) is 22.3 Å². The van der Waals surface area contributed by atoms with E-state index < -0.39 is 0 Å². The van der Waals surface area contributed by atoms with Gasteiger partial charge in [-0.1, -0.05) is 80.5 Å². The smallest absolute Gasteiger partial charge is 0.141 e. The molecule has 1 heterocycles. The van der Waals surface area contributed by atoms with E-state index in [0.29, 0.717) is 0 Å². The van der Waals surface area contributed by atoms with Crippen molar-refractivity contribution in [1.29, 1.82) is 0 Å². The Bertz CT molecular complexity index is 976. The Kier molecular flexibility index (Phi) is 10.1. The number of hydrogen-bond acceptors (Lipinski definition) is 1. The van der Waals surface area contributed by atoms with E-state index in [9.17, 15) is 13.2 Å². The summed E-state index contributed by atoms with van der Waals surface area (Å²) in [6.07, 6.45) is 2.92. The molecule has 4 heteroatoms. The summed E-state index contributed by atoms with van der Waals surface area (Å²) in [6.45, 7) is 20.5. The number of hydrogen-bond donors (Lipinski definition) is 0. The van der Waals surface area contributed by atoms with Gasteiger partial charge in [0.1, 0.15) is 17.5 Å². The maximum Gasteiger partial charge on any atom is 0.141 e. The molecule has 3 rings (SSSR count). The maximum atomic E-state index is 13.0. The molecule has 0 aliphatic rings. The van der Waals surface area contributed by atoms with Crippen LogP contribution in [0.1, 0.15) is 84.6 Å². The SMILES string of the molecule is CC(C)(C)c1cccc(F)c1.CC(C)(C)c1cncc(F)c1.Cc1cc(F)cc(C(C)(C)C)c1. The van der Waals surface area contributed by atoms with Crippen molar-refractivity contribution in [2.45, 2.75) is 85.5 Å².